The van der Waals surface area contributed by atoms with E-state index >= 15 is 0 Å². The monoisotopic (exact) mass is 413 g/mol. The Balaban J connectivity index is 1.51. The van der Waals surface area contributed by atoms with Crippen LogP contribution in [0.5, 0.6) is 0 Å². The largest absolute Gasteiger partial charge is 0.341 e. The summed E-state index contributed by atoms with van der Waals surface area (Å²) in [6, 6.07) is 21.0. The van der Waals surface area contributed by atoms with Crippen molar-refractivity contribution in [1.82, 2.24) is 19.9 Å². The maximum Gasteiger partial charge on any atom is 0.121 e. The maximum atomic E-state index is 5.39. The molecule has 158 valence electrons. The van der Waals surface area contributed by atoms with Crippen LogP contribution in [0, 0.1) is 0 Å². The Bertz CT molecular complexity index is 1140. The van der Waals surface area contributed by atoms with E-state index in [9.17, 15) is 0 Å². The second-order valence-corrected chi connectivity index (χ2v) is 8.14. The van der Waals surface area contributed by atoms with E-state index in [1.165, 1.54) is 16.8 Å². The molecule has 2 aromatic heterocycles. The zero-order valence-corrected chi connectivity index (χ0v) is 17.5. The number of hydrogen-bond acceptors (Lipinski definition) is 5. The van der Waals surface area contributed by atoms with Gasteiger partial charge in [0.15, 0.2) is 0 Å². The molecule has 0 fully saturated rings. The third-order valence-corrected chi connectivity index (χ3v) is 6.13. The second kappa shape index (κ2) is 8.98. The van der Waals surface area contributed by atoms with Gasteiger partial charge in [-0.2, -0.15) is 0 Å². The molecule has 0 saturated heterocycles. The number of nitrogens with one attached hydrogen (secondary N) is 1. The second-order valence-electron chi connectivity index (χ2n) is 8.14. The van der Waals surface area contributed by atoms with Crippen LogP contribution in [-0.4, -0.2) is 19.9 Å². The smallest absolute Gasteiger partial charge is 0.121 e. The van der Waals surface area contributed by atoms with Crippen LogP contribution in [0.2, 0.25) is 0 Å². The summed E-state index contributed by atoms with van der Waals surface area (Å²) >= 11 is 0. The number of pyridine rings is 1. The summed E-state index contributed by atoms with van der Waals surface area (Å²) in [5.41, 5.74) is 6.93. The first-order valence-electron chi connectivity index (χ1n) is 10.8. The van der Waals surface area contributed by atoms with Crippen molar-refractivity contribution in [1.29, 1.82) is 0 Å². The number of fused-ring (bicyclic) bond motifs is 2. The van der Waals surface area contributed by atoms with Gasteiger partial charge in [-0.05, 0) is 54.2 Å². The average Bonchev–Trinajstić information content (AvgIpc) is 3.22. The molecule has 0 spiro atoms. The summed E-state index contributed by atoms with van der Waals surface area (Å²) in [6.07, 6.45) is 5.25. The Kier molecular flexibility index (Phi) is 5.76. The van der Waals surface area contributed by atoms with Crippen LogP contribution >= 0.6 is 0 Å². The number of aromatic amines is 1. The van der Waals surface area contributed by atoms with Crippen molar-refractivity contribution >= 4 is 11.0 Å². The lowest BCUT2D eigenvalue weighted by Gasteiger charge is -2.35. The minimum Gasteiger partial charge on any atom is -0.341 e. The van der Waals surface area contributed by atoms with Crippen molar-refractivity contribution in [3.63, 3.8) is 0 Å². The molecule has 0 radical (unpaired) electrons. The van der Waals surface area contributed by atoms with Gasteiger partial charge in [-0.3, -0.25) is 14.7 Å². The van der Waals surface area contributed by atoms with E-state index < -0.39 is 0 Å². The van der Waals surface area contributed by atoms with E-state index in [0.717, 1.165) is 48.2 Å². The van der Waals surface area contributed by atoms with Crippen LogP contribution in [0.3, 0.4) is 0 Å². The molecule has 1 unspecified atom stereocenters. The van der Waals surface area contributed by atoms with Crippen LogP contribution in [0.1, 0.15) is 47.1 Å². The van der Waals surface area contributed by atoms with E-state index in [-0.39, 0.29) is 6.04 Å². The molecular weight excluding hydrogens is 386 g/mol. The van der Waals surface area contributed by atoms with Crippen molar-refractivity contribution in [2.24, 2.45) is 5.90 Å². The fourth-order valence-corrected chi connectivity index (χ4v) is 4.65. The number of benzene rings is 2. The summed E-state index contributed by atoms with van der Waals surface area (Å²) in [5, 5.41) is 0. The molecule has 0 saturated carbocycles. The number of imidazole rings is 1. The fraction of sp³-hybridized carbons (Fsp3) is 0.280. The summed E-state index contributed by atoms with van der Waals surface area (Å²) < 4.78 is 0. The van der Waals surface area contributed by atoms with Crippen molar-refractivity contribution in [2.45, 2.75) is 45.0 Å². The zero-order valence-electron chi connectivity index (χ0n) is 17.5. The first-order valence-corrected chi connectivity index (χ1v) is 10.8. The molecule has 2 aromatic carbocycles. The minimum absolute atomic E-state index is 0.241. The van der Waals surface area contributed by atoms with E-state index in [2.05, 4.69) is 40.2 Å². The normalized spacial score (nSPS) is 16.0. The number of nitrogens with two attached hydrogens (primary N) is 1. The van der Waals surface area contributed by atoms with Gasteiger partial charge in [0.25, 0.3) is 0 Å². The van der Waals surface area contributed by atoms with Gasteiger partial charge in [-0.1, -0.05) is 42.5 Å². The Morgan fingerprint density at radius 3 is 2.71 bits per heavy atom. The Hall–Kier alpha value is -3.06. The molecule has 3 N–H and O–H groups in total. The molecule has 1 atom stereocenters. The lowest BCUT2D eigenvalue weighted by Crippen LogP contribution is -2.32. The van der Waals surface area contributed by atoms with Crippen molar-refractivity contribution in [3.8, 4) is 0 Å². The van der Waals surface area contributed by atoms with Gasteiger partial charge in [0, 0.05) is 12.7 Å². The Labute approximate surface area is 182 Å². The first kappa shape index (κ1) is 19.9. The molecule has 2 heterocycles. The van der Waals surface area contributed by atoms with Crippen LogP contribution in [0.25, 0.3) is 11.0 Å². The number of nitrogens with zero attached hydrogens (tertiary/aromatic N) is 3. The van der Waals surface area contributed by atoms with Gasteiger partial charge in [0.1, 0.15) is 5.82 Å². The highest BCUT2D eigenvalue weighted by Crippen LogP contribution is 2.35. The lowest BCUT2D eigenvalue weighted by atomic mass is 9.90. The summed E-state index contributed by atoms with van der Waals surface area (Å²) in [6.45, 7) is 1.89. The molecular formula is C25H27N5O. The molecule has 31 heavy (non-hydrogen) atoms. The highest BCUT2D eigenvalue weighted by Gasteiger charge is 2.28. The highest BCUT2D eigenvalue weighted by molar-refractivity contribution is 5.74. The molecule has 0 aliphatic heterocycles. The zero-order chi connectivity index (χ0) is 21.0. The van der Waals surface area contributed by atoms with Crippen molar-refractivity contribution in [3.05, 3.63) is 95.1 Å². The van der Waals surface area contributed by atoms with E-state index in [0.29, 0.717) is 13.2 Å². The Morgan fingerprint density at radius 2 is 1.84 bits per heavy atom. The molecule has 6 heteroatoms. The van der Waals surface area contributed by atoms with Crippen LogP contribution in [0.15, 0.2) is 66.9 Å². The molecule has 4 aromatic rings. The summed E-state index contributed by atoms with van der Waals surface area (Å²) in [4.78, 5) is 20.6. The van der Waals surface area contributed by atoms with Crippen LogP contribution in [-0.2, 0) is 31.0 Å². The van der Waals surface area contributed by atoms with Crippen LogP contribution in [0.4, 0.5) is 0 Å². The number of H-pyrrole nitrogens is 1. The predicted molar refractivity (Wildman–Crippen MR) is 121 cm³/mol. The molecule has 5 rings (SSSR count). The fourth-order valence-electron chi connectivity index (χ4n) is 4.65. The molecule has 0 amide bonds. The lowest BCUT2D eigenvalue weighted by molar-refractivity contribution is 0.120. The third-order valence-electron chi connectivity index (χ3n) is 6.13. The molecule has 1 aliphatic carbocycles. The number of hydrogen-bond donors (Lipinski definition) is 2. The van der Waals surface area contributed by atoms with Crippen LogP contribution < -0.4 is 5.90 Å². The number of para-hydroxylation sites is 2. The van der Waals surface area contributed by atoms with Crippen molar-refractivity contribution in [2.75, 3.05) is 0 Å². The standard InChI is InChI=1S/C25H27N5O/c26-31-17-20-8-2-1-7-19(20)15-30(16-24-28-21-11-3-4-12-22(21)29-24)23-13-5-9-18-10-6-14-27-25(18)23/h1-4,6-8,10-12,14,23H,5,9,13,15-17,26H2,(H,28,29). The summed E-state index contributed by atoms with van der Waals surface area (Å²) in [7, 11) is 0. The minimum atomic E-state index is 0.241. The van der Waals surface area contributed by atoms with Crippen molar-refractivity contribution < 1.29 is 4.84 Å². The third kappa shape index (κ3) is 4.23. The highest BCUT2D eigenvalue weighted by atomic mass is 16.6. The van der Waals surface area contributed by atoms with Gasteiger partial charge in [-0.25, -0.2) is 10.9 Å². The Morgan fingerprint density at radius 1 is 1.00 bits per heavy atom. The maximum absolute atomic E-state index is 5.39. The number of aromatic nitrogens is 3. The molecule has 6 nitrogen and oxygen atoms in total. The number of aryl methyl sites for hydroxylation is 1. The van der Waals surface area contributed by atoms with E-state index in [1.807, 2.05) is 36.5 Å². The number of rotatable bonds is 7. The van der Waals surface area contributed by atoms with E-state index in [4.69, 9.17) is 20.7 Å². The van der Waals surface area contributed by atoms with E-state index in [1.54, 1.807) is 0 Å². The first-order chi connectivity index (χ1) is 15.3. The molecule has 0 bridgehead atoms. The topological polar surface area (TPSA) is 80.1 Å². The quantitative estimate of drug-likeness (QED) is 0.438. The van der Waals surface area contributed by atoms with Gasteiger partial charge >= 0.3 is 0 Å². The average molecular weight is 414 g/mol. The van der Waals surface area contributed by atoms with Gasteiger partial charge in [-0.15, -0.1) is 0 Å². The SMILES string of the molecule is NOCc1ccccc1CN(Cc1nc2ccccc2[nH]1)C1CCCc2cccnc21. The summed E-state index contributed by atoms with van der Waals surface area (Å²) in [5.74, 6) is 6.36. The van der Waals surface area contributed by atoms with Gasteiger partial charge in [0.05, 0.1) is 35.9 Å². The van der Waals surface area contributed by atoms with Gasteiger partial charge in [0.2, 0.25) is 0 Å². The molecule has 1 aliphatic rings. The predicted octanol–water partition coefficient (Wildman–Crippen LogP) is 4.43. The van der Waals surface area contributed by atoms with Gasteiger partial charge < -0.3 is 4.98 Å².